The lowest BCUT2D eigenvalue weighted by atomic mass is 10.1. The van der Waals surface area contributed by atoms with Gasteiger partial charge in [-0.2, -0.15) is 0 Å². The Morgan fingerprint density at radius 2 is 2.00 bits per heavy atom. The van der Waals surface area contributed by atoms with Crippen molar-refractivity contribution in [3.8, 4) is 0 Å². The van der Waals surface area contributed by atoms with Crippen LogP contribution >= 0.6 is 11.6 Å². The molecule has 0 aliphatic heterocycles. The van der Waals surface area contributed by atoms with Crippen molar-refractivity contribution in [2.24, 2.45) is 0 Å². The van der Waals surface area contributed by atoms with Gasteiger partial charge in [0, 0.05) is 30.5 Å². The van der Waals surface area contributed by atoms with Gasteiger partial charge >= 0.3 is 0 Å². The van der Waals surface area contributed by atoms with Gasteiger partial charge in [0.1, 0.15) is 0 Å². The minimum Gasteiger partial charge on any atom is -0.388 e. The Bertz CT molecular complexity index is 533. The summed E-state index contributed by atoms with van der Waals surface area (Å²) in [4.78, 5) is 6.19. The molecule has 1 N–H and O–H groups in total. The molecule has 0 aliphatic rings. The van der Waals surface area contributed by atoms with E-state index in [2.05, 4.69) is 9.88 Å². The van der Waals surface area contributed by atoms with Gasteiger partial charge in [0.2, 0.25) is 0 Å². The second kappa shape index (κ2) is 7.39. The van der Waals surface area contributed by atoms with Crippen LogP contribution in [-0.4, -0.2) is 28.6 Å². The molecule has 0 saturated heterocycles. The molecule has 0 fully saturated rings. The largest absolute Gasteiger partial charge is 0.388 e. The Kier molecular flexibility index (Phi) is 5.53. The quantitative estimate of drug-likeness (QED) is 0.887. The van der Waals surface area contributed by atoms with E-state index in [-0.39, 0.29) is 0 Å². The van der Waals surface area contributed by atoms with Crippen LogP contribution in [0.5, 0.6) is 0 Å². The van der Waals surface area contributed by atoms with Gasteiger partial charge in [-0.3, -0.25) is 4.98 Å². The molecular formula is C16H19ClN2O. The highest BCUT2D eigenvalue weighted by Gasteiger charge is 2.09. The van der Waals surface area contributed by atoms with E-state index >= 15 is 0 Å². The predicted octanol–water partition coefficient (Wildman–Crippen LogP) is 3.29. The molecule has 106 valence electrons. The molecule has 0 radical (unpaired) electrons. The average Bonchev–Trinajstić information content (AvgIpc) is 2.46. The van der Waals surface area contributed by atoms with Crippen LogP contribution in [0, 0.1) is 0 Å². The first-order chi connectivity index (χ1) is 9.65. The molecule has 20 heavy (non-hydrogen) atoms. The van der Waals surface area contributed by atoms with E-state index in [1.807, 2.05) is 43.4 Å². The first-order valence-corrected chi connectivity index (χ1v) is 7.04. The fraction of sp³-hybridized carbons (Fsp3) is 0.312. The first-order valence-electron chi connectivity index (χ1n) is 6.66. The van der Waals surface area contributed by atoms with Gasteiger partial charge in [-0.1, -0.05) is 23.7 Å². The number of hydrogen-bond donors (Lipinski definition) is 1. The van der Waals surface area contributed by atoms with Gasteiger partial charge in [0.15, 0.2) is 0 Å². The van der Waals surface area contributed by atoms with E-state index < -0.39 is 6.10 Å². The standard InChI is InChI=1S/C16H19ClN2O/c1-19(12-13-5-8-18-9-6-13)10-7-16(20)14-3-2-4-15(17)11-14/h2-6,8-9,11,16,20H,7,10,12H2,1H3. The first kappa shape index (κ1) is 15.0. The molecule has 3 nitrogen and oxygen atoms in total. The number of aliphatic hydroxyl groups excluding tert-OH is 1. The normalized spacial score (nSPS) is 12.6. The van der Waals surface area contributed by atoms with E-state index in [1.165, 1.54) is 5.56 Å². The second-order valence-electron chi connectivity index (χ2n) is 4.95. The molecule has 1 heterocycles. The second-order valence-corrected chi connectivity index (χ2v) is 5.39. The van der Waals surface area contributed by atoms with Crippen molar-refractivity contribution in [1.82, 2.24) is 9.88 Å². The molecule has 0 spiro atoms. The Morgan fingerprint density at radius 1 is 1.25 bits per heavy atom. The fourth-order valence-corrected chi connectivity index (χ4v) is 2.30. The minimum atomic E-state index is -0.478. The number of hydrogen-bond acceptors (Lipinski definition) is 3. The topological polar surface area (TPSA) is 36.4 Å². The number of benzene rings is 1. The maximum absolute atomic E-state index is 10.2. The Balaban J connectivity index is 1.82. The molecule has 0 bridgehead atoms. The smallest absolute Gasteiger partial charge is 0.0802 e. The van der Waals surface area contributed by atoms with Crippen LogP contribution in [0.1, 0.15) is 23.7 Å². The van der Waals surface area contributed by atoms with Crippen molar-refractivity contribution < 1.29 is 5.11 Å². The molecule has 1 aromatic carbocycles. The molecule has 1 unspecified atom stereocenters. The molecule has 0 saturated carbocycles. The van der Waals surface area contributed by atoms with Gasteiger partial charge in [0.25, 0.3) is 0 Å². The molecule has 2 aromatic rings. The van der Waals surface area contributed by atoms with Crippen molar-refractivity contribution in [3.63, 3.8) is 0 Å². The van der Waals surface area contributed by atoms with E-state index in [0.717, 1.165) is 18.7 Å². The third-order valence-electron chi connectivity index (χ3n) is 3.22. The van der Waals surface area contributed by atoms with Gasteiger partial charge in [-0.15, -0.1) is 0 Å². The van der Waals surface area contributed by atoms with Crippen LogP contribution in [0.4, 0.5) is 0 Å². The summed E-state index contributed by atoms with van der Waals surface area (Å²) in [5, 5.41) is 10.8. The maximum Gasteiger partial charge on any atom is 0.0802 e. The van der Waals surface area contributed by atoms with Crippen molar-refractivity contribution >= 4 is 11.6 Å². The molecule has 2 rings (SSSR count). The zero-order valence-corrected chi connectivity index (χ0v) is 12.3. The van der Waals surface area contributed by atoms with Crippen molar-refractivity contribution in [1.29, 1.82) is 0 Å². The maximum atomic E-state index is 10.2. The SMILES string of the molecule is CN(CCC(O)c1cccc(Cl)c1)Cc1ccncc1. The number of halogens is 1. The van der Waals surface area contributed by atoms with Crippen LogP contribution in [-0.2, 0) is 6.54 Å². The molecule has 1 atom stereocenters. The van der Waals surface area contributed by atoms with Crippen molar-refractivity contribution in [3.05, 3.63) is 64.9 Å². The molecule has 4 heteroatoms. The molecule has 0 aliphatic carbocycles. The van der Waals surface area contributed by atoms with Gasteiger partial charge in [-0.05, 0) is 48.9 Å². The zero-order valence-electron chi connectivity index (χ0n) is 11.5. The highest BCUT2D eigenvalue weighted by Crippen LogP contribution is 2.20. The Hall–Kier alpha value is -1.42. The van der Waals surface area contributed by atoms with Crippen molar-refractivity contribution in [2.45, 2.75) is 19.1 Å². The summed E-state index contributed by atoms with van der Waals surface area (Å²) >= 11 is 5.93. The Labute approximate surface area is 124 Å². The Morgan fingerprint density at radius 3 is 2.70 bits per heavy atom. The van der Waals surface area contributed by atoms with Gasteiger partial charge in [-0.25, -0.2) is 0 Å². The van der Waals surface area contributed by atoms with Gasteiger partial charge < -0.3 is 10.0 Å². The number of pyridine rings is 1. The monoisotopic (exact) mass is 290 g/mol. The summed E-state index contributed by atoms with van der Waals surface area (Å²) in [5.41, 5.74) is 2.09. The third-order valence-corrected chi connectivity index (χ3v) is 3.45. The third kappa shape index (κ3) is 4.60. The lowest BCUT2D eigenvalue weighted by Gasteiger charge is -2.19. The highest BCUT2D eigenvalue weighted by molar-refractivity contribution is 6.30. The van der Waals surface area contributed by atoms with E-state index in [4.69, 9.17) is 11.6 Å². The molecule has 1 aromatic heterocycles. The number of rotatable bonds is 6. The van der Waals surface area contributed by atoms with Crippen LogP contribution in [0.2, 0.25) is 5.02 Å². The molecular weight excluding hydrogens is 272 g/mol. The van der Waals surface area contributed by atoms with Crippen LogP contribution in [0.25, 0.3) is 0 Å². The summed E-state index contributed by atoms with van der Waals surface area (Å²) in [7, 11) is 2.05. The minimum absolute atomic E-state index is 0.478. The van der Waals surface area contributed by atoms with Crippen molar-refractivity contribution in [2.75, 3.05) is 13.6 Å². The van der Waals surface area contributed by atoms with E-state index in [1.54, 1.807) is 12.4 Å². The highest BCUT2D eigenvalue weighted by atomic mass is 35.5. The summed E-state index contributed by atoms with van der Waals surface area (Å²) < 4.78 is 0. The van der Waals surface area contributed by atoms with Crippen LogP contribution < -0.4 is 0 Å². The average molecular weight is 291 g/mol. The molecule has 0 amide bonds. The van der Waals surface area contributed by atoms with Crippen LogP contribution in [0.15, 0.2) is 48.8 Å². The van der Waals surface area contributed by atoms with E-state index in [0.29, 0.717) is 11.4 Å². The summed E-state index contributed by atoms with van der Waals surface area (Å²) in [6.07, 6.45) is 3.80. The van der Waals surface area contributed by atoms with E-state index in [9.17, 15) is 5.11 Å². The van der Waals surface area contributed by atoms with Gasteiger partial charge in [0.05, 0.1) is 6.10 Å². The van der Waals surface area contributed by atoms with Crippen LogP contribution in [0.3, 0.4) is 0 Å². The predicted molar refractivity (Wildman–Crippen MR) is 81.6 cm³/mol. The summed E-state index contributed by atoms with van der Waals surface area (Å²) in [6, 6.07) is 11.4. The zero-order chi connectivity index (χ0) is 14.4. The lowest BCUT2D eigenvalue weighted by Crippen LogP contribution is -2.20. The number of aliphatic hydroxyl groups is 1. The lowest BCUT2D eigenvalue weighted by molar-refractivity contribution is 0.147. The summed E-state index contributed by atoms with van der Waals surface area (Å²) in [6.45, 7) is 1.67. The number of aromatic nitrogens is 1. The summed E-state index contributed by atoms with van der Waals surface area (Å²) in [5.74, 6) is 0. The fourth-order valence-electron chi connectivity index (χ4n) is 2.10. The number of nitrogens with zero attached hydrogens (tertiary/aromatic N) is 2.